The van der Waals surface area contributed by atoms with Crippen LogP contribution in [-0.2, 0) is 17.1 Å². The number of benzene rings is 2. The van der Waals surface area contributed by atoms with E-state index in [1.165, 1.54) is 24.3 Å². The zero-order chi connectivity index (χ0) is 13.0. The molecule has 0 aromatic heterocycles. The van der Waals surface area contributed by atoms with Gasteiger partial charge in [-0.25, -0.2) is 9.59 Å². The molecule has 5 heteroatoms. The van der Waals surface area contributed by atoms with Crippen LogP contribution in [0.4, 0.5) is 0 Å². The number of carbonyl (C=O) groups is 2. The van der Waals surface area contributed by atoms with Crippen LogP contribution >= 0.6 is 0 Å². The minimum Gasteiger partial charge on any atom is -0.478 e. The topological polar surface area (TPSA) is 63.6 Å². The number of rotatable bonds is 3. The molecule has 0 unspecified atom stereocenters. The molecule has 1 N–H and O–H groups in total. The van der Waals surface area contributed by atoms with Crippen molar-refractivity contribution in [3.8, 4) is 5.75 Å². The van der Waals surface area contributed by atoms with Gasteiger partial charge in [-0.1, -0.05) is 18.2 Å². The molecular weight excluding hydrogens is 288 g/mol. The van der Waals surface area contributed by atoms with Gasteiger partial charge in [0, 0.05) is 17.1 Å². The first-order valence-electron chi connectivity index (χ1n) is 5.27. The molecule has 0 fully saturated rings. The summed E-state index contributed by atoms with van der Waals surface area (Å²) in [5.74, 6) is -1.18. The summed E-state index contributed by atoms with van der Waals surface area (Å²) in [5.41, 5.74) is 0.592. The maximum absolute atomic E-state index is 11.7. The molecular formula is C14H10FeO4. The third-order valence-corrected chi connectivity index (χ3v) is 2.32. The van der Waals surface area contributed by atoms with Crippen LogP contribution in [0.1, 0.15) is 20.7 Å². The van der Waals surface area contributed by atoms with Gasteiger partial charge in [0.05, 0.1) is 11.1 Å². The SMILES string of the molecule is O=C(O)c1ccc(OC(=O)c2ccccc2)cc1.[Fe]. The second kappa shape index (κ2) is 6.73. The van der Waals surface area contributed by atoms with Crippen LogP contribution in [0.5, 0.6) is 5.75 Å². The van der Waals surface area contributed by atoms with Crippen LogP contribution in [0, 0.1) is 0 Å². The van der Waals surface area contributed by atoms with E-state index in [4.69, 9.17) is 9.84 Å². The van der Waals surface area contributed by atoms with Crippen molar-refractivity contribution in [3.63, 3.8) is 0 Å². The van der Waals surface area contributed by atoms with Crippen molar-refractivity contribution < 1.29 is 36.5 Å². The Hall–Kier alpha value is -2.10. The van der Waals surface area contributed by atoms with Crippen molar-refractivity contribution in [2.45, 2.75) is 0 Å². The zero-order valence-electron chi connectivity index (χ0n) is 9.72. The molecule has 19 heavy (non-hydrogen) atoms. The van der Waals surface area contributed by atoms with Gasteiger partial charge >= 0.3 is 11.9 Å². The van der Waals surface area contributed by atoms with E-state index in [9.17, 15) is 9.59 Å². The van der Waals surface area contributed by atoms with Crippen LogP contribution in [-0.4, -0.2) is 17.0 Å². The number of carbonyl (C=O) groups excluding carboxylic acids is 1. The zero-order valence-corrected chi connectivity index (χ0v) is 10.8. The van der Waals surface area contributed by atoms with E-state index in [2.05, 4.69) is 0 Å². The Kier molecular flexibility index (Phi) is 5.30. The number of ether oxygens (including phenoxy) is 1. The fraction of sp³-hybridized carbons (Fsp3) is 0. The second-order valence-electron chi connectivity index (χ2n) is 3.59. The predicted molar refractivity (Wildman–Crippen MR) is 64.8 cm³/mol. The fourth-order valence-electron chi connectivity index (χ4n) is 1.41. The molecule has 4 nitrogen and oxygen atoms in total. The molecule has 0 aliphatic rings. The largest absolute Gasteiger partial charge is 0.478 e. The van der Waals surface area contributed by atoms with Crippen molar-refractivity contribution in [3.05, 3.63) is 65.7 Å². The summed E-state index contributed by atoms with van der Waals surface area (Å²) in [7, 11) is 0. The Balaban J connectivity index is 0.00000180. The van der Waals surface area contributed by atoms with Crippen molar-refractivity contribution in [2.24, 2.45) is 0 Å². The van der Waals surface area contributed by atoms with Gasteiger partial charge in [0.25, 0.3) is 0 Å². The Labute approximate surface area is 120 Å². The number of hydrogen-bond acceptors (Lipinski definition) is 3. The first-order chi connectivity index (χ1) is 8.66. The summed E-state index contributed by atoms with van der Waals surface area (Å²) >= 11 is 0. The minimum absolute atomic E-state index is 0. The van der Waals surface area contributed by atoms with Crippen molar-refractivity contribution in [2.75, 3.05) is 0 Å². The first kappa shape index (κ1) is 15.0. The van der Waals surface area contributed by atoms with E-state index >= 15 is 0 Å². The average Bonchev–Trinajstić information content (AvgIpc) is 2.40. The Bertz CT molecular complexity index is 564. The smallest absolute Gasteiger partial charge is 0.343 e. The van der Waals surface area contributed by atoms with Gasteiger partial charge in [0.1, 0.15) is 5.75 Å². The molecule has 0 saturated heterocycles. The van der Waals surface area contributed by atoms with Crippen molar-refractivity contribution in [1.82, 2.24) is 0 Å². The molecule has 0 amide bonds. The second-order valence-corrected chi connectivity index (χ2v) is 3.59. The number of carboxylic acids is 1. The maximum Gasteiger partial charge on any atom is 0.343 e. The normalized spacial score (nSPS) is 9.26. The number of aromatic carboxylic acids is 1. The summed E-state index contributed by atoms with van der Waals surface area (Å²) in [6, 6.07) is 14.2. The van der Waals surface area contributed by atoms with E-state index < -0.39 is 11.9 Å². The van der Waals surface area contributed by atoms with Gasteiger partial charge in [-0.05, 0) is 36.4 Å². The van der Waals surface area contributed by atoms with E-state index in [-0.39, 0.29) is 22.6 Å². The van der Waals surface area contributed by atoms with Crippen LogP contribution in [0.15, 0.2) is 54.6 Å². The Morgan fingerprint density at radius 3 is 1.95 bits per heavy atom. The number of hydrogen-bond donors (Lipinski definition) is 1. The van der Waals surface area contributed by atoms with E-state index in [0.717, 1.165) is 0 Å². The number of carboxylic acid groups (broad SMARTS) is 1. The summed E-state index contributed by atoms with van der Waals surface area (Å²) in [5, 5.41) is 8.73. The average molecular weight is 298 g/mol. The van der Waals surface area contributed by atoms with Gasteiger partial charge in [-0.15, -0.1) is 0 Å². The molecule has 98 valence electrons. The van der Waals surface area contributed by atoms with Crippen LogP contribution in [0.2, 0.25) is 0 Å². The van der Waals surface area contributed by atoms with E-state index in [0.29, 0.717) is 11.3 Å². The van der Waals surface area contributed by atoms with Gasteiger partial charge < -0.3 is 9.84 Å². The molecule has 0 aliphatic heterocycles. The molecule has 0 atom stereocenters. The monoisotopic (exact) mass is 298 g/mol. The molecule has 0 radical (unpaired) electrons. The molecule has 0 saturated carbocycles. The fourth-order valence-corrected chi connectivity index (χ4v) is 1.41. The molecule has 0 aliphatic carbocycles. The summed E-state index contributed by atoms with van der Waals surface area (Å²) < 4.78 is 5.10. The molecule has 0 heterocycles. The van der Waals surface area contributed by atoms with Gasteiger partial charge in [0.15, 0.2) is 0 Å². The van der Waals surface area contributed by atoms with Gasteiger partial charge in [0.2, 0.25) is 0 Å². The third kappa shape index (κ3) is 3.95. The third-order valence-electron chi connectivity index (χ3n) is 2.32. The molecule has 2 rings (SSSR count). The molecule has 2 aromatic rings. The summed E-state index contributed by atoms with van der Waals surface area (Å²) in [4.78, 5) is 22.3. The van der Waals surface area contributed by atoms with Crippen LogP contribution < -0.4 is 4.74 Å². The maximum atomic E-state index is 11.7. The minimum atomic E-state index is -1.02. The van der Waals surface area contributed by atoms with E-state index in [1.54, 1.807) is 30.3 Å². The van der Waals surface area contributed by atoms with Crippen LogP contribution in [0.25, 0.3) is 0 Å². The standard InChI is InChI=1S/C14H10O4.Fe/c15-13(16)10-6-8-12(9-7-10)18-14(17)11-4-2-1-3-5-11;/h1-9H,(H,15,16);. The van der Waals surface area contributed by atoms with E-state index in [1.807, 2.05) is 0 Å². The Morgan fingerprint density at radius 2 is 1.42 bits per heavy atom. The van der Waals surface area contributed by atoms with Gasteiger partial charge in [-0.3, -0.25) is 0 Å². The van der Waals surface area contributed by atoms with Gasteiger partial charge in [-0.2, -0.15) is 0 Å². The predicted octanol–water partition coefficient (Wildman–Crippen LogP) is 2.60. The molecule has 0 spiro atoms. The molecule has 0 bridgehead atoms. The molecule has 2 aromatic carbocycles. The number of esters is 1. The van der Waals surface area contributed by atoms with Crippen molar-refractivity contribution >= 4 is 11.9 Å². The quantitative estimate of drug-likeness (QED) is 0.537. The summed E-state index contributed by atoms with van der Waals surface area (Å²) in [6.07, 6.45) is 0. The van der Waals surface area contributed by atoms with Crippen molar-refractivity contribution in [1.29, 1.82) is 0 Å². The van der Waals surface area contributed by atoms with Crippen LogP contribution in [0.3, 0.4) is 0 Å². The Morgan fingerprint density at radius 1 is 0.842 bits per heavy atom. The summed E-state index contributed by atoms with van der Waals surface area (Å²) in [6.45, 7) is 0. The first-order valence-corrected chi connectivity index (χ1v) is 5.27.